The van der Waals surface area contributed by atoms with Gasteiger partial charge in [0.2, 0.25) is 5.88 Å². The molecule has 0 fully saturated rings. The van der Waals surface area contributed by atoms with E-state index in [2.05, 4.69) is 51.8 Å². The first-order valence-corrected chi connectivity index (χ1v) is 9.57. The number of aromatic nitrogens is 4. The van der Waals surface area contributed by atoms with E-state index in [9.17, 15) is 15.3 Å². The van der Waals surface area contributed by atoms with E-state index >= 15 is 0 Å². The molecule has 3 aromatic rings. The van der Waals surface area contributed by atoms with Crippen molar-refractivity contribution in [3.8, 4) is 23.0 Å². The van der Waals surface area contributed by atoms with E-state index in [1.807, 2.05) is 0 Å². The molecule has 0 aliphatic carbocycles. The zero-order valence-electron chi connectivity index (χ0n) is 14.8. The number of nitrogen functional groups attached to an aromatic ring is 1. The van der Waals surface area contributed by atoms with Crippen molar-refractivity contribution in [1.82, 2.24) is 19.9 Å². The number of benzene rings is 1. The summed E-state index contributed by atoms with van der Waals surface area (Å²) in [6.45, 7) is 0.968. The van der Waals surface area contributed by atoms with E-state index < -0.39 is 17.8 Å². The van der Waals surface area contributed by atoms with E-state index in [4.69, 9.17) is 15.2 Å². The lowest BCUT2D eigenvalue weighted by molar-refractivity contribution is -0.419. The van der Waals surface area contributed by atoms with E-state index in [0.29, 0.717) is 10.0 Å². The summed E-state index contributed by atoms with van der Waals surface area (Å²) in [6.07, 6.45) is 3.76. The second-order valence-electron chi connectivity index (χ2n) is 5.93. The number of aliphatic hydroxyl groups is 3. The molecule has 2 heterocycles. The van der Waals surface area contributed by atoms with Crippen molar-refractivity contribution in [3.05, 3.63) is 51.9 Å². The fourth-order valence-corrected chi connectivity index (χ4v) is 2.65. The summed E-state index contributed by atoms with van der Waals surface area (Å²) in [4.78, 5) is 15.4. The molecular formula is C17H15Br2N5O5. The molecule has 10 nitrogen and oxygen atoms in total. The maximum atomic E-state index is 10.6. The van der Waals surface area contributed by atoms with E-state index in [-0.39, 0.29) is 17.3 Å². The van der Waals surface area contributed by atoms with Crippen LogP contribution in [0.1, 0.15) is 6.92 Å². The zero-order chi connectivity index (χ0) is 21.2. The number of ether oxygens (including phenoxy) is 2. The lowest BCUT2D eigenvalue weighted by Gasteiger charge is -2.34. The van der Waals surface area contributed by atoms with Crippen LogP contribution in [0, 0.1) is 0 Å². The van der Waals surface area contributed by atoms with Gasteiger partial charge in [-0.1, -0.05) is 28.1 Å². The molecule has 1 unspecified atom stereocenters. The molecule has 0 amide bonds. The first-order chi connectivity index (χ1) is 13.6. The highest BCUT2D eigenvalue weighted by Gasteiger charge is 2.52. The average molecular weight is 529 g/mol. The van der Waals surface area contributed by atoms with Crippen molar-refractivity contribution >= 4 is 37.7 Å². The normalized spacial score (nSPS) is 13.6. The Kier molecular flexibility index (Phi) is 6.00. The summed E-state index contributed by atoms with van der Waals surface area (Å²) >= 11 is 6.48. The Bertz CT molecular complexity index is 1000. The maximum Gasteiger partial charge on any atom is 0.393 e. The molecule has 0 saturated heterocycles. The summed E-state index contributed by atoms with van der Waals surface area (Å²) in [6, 6.07) is 6.56. The van der Waals surface area contributed by atoms with Crippen molar-refractivity contribution in [3.63, 3.8) is 0 Å². The number of halogens is 2. The van der Waals surface area contributed by atoms with Crippen LogP contribution in [0.3, 0.4) is 0 Å². The Hall–Kier alpha value is -2.38. The zero-order valence-corrected chi connectivity index (χ0v) is 18.0. The van der Waals surface area contributed by atoms with Crippen molar-refractivity contribution < 1.29 is 24.8 Å². The number of rotatable bonds is 6. The molecule has 29 heavy (non-hydrogen) atoms. The Morgan fingerprint density at radius 2 is 1.52 bits per heavy atom. The van der Waals surface area contributed by atoms with Gasteiger partial charge in [0.1, 0.15) is 12.1 Å². The fourth-order valence-electron chi connectivity index (χ4n) is 2.18. The number of anilines is 1. The van der Waals surface area contributed by atoms with Crippen molar-refractivity contribution in [2.75, 3.05) is 5.73 Å². The predicted molar refractivity (Wildman–Crippen MR) is 108 cm³/mol. The minimum atomic E-state index is -3.24. The third kappa shape index (κ3) is 4.79. The molecule has 2 aromatic heterocycles. The summed E-state index contributed by atoms with van der Waals surface area (Å²) in [5.74, 6) is -6.07. The van der Waals surface area contributed by atoms with Gasteiger partial charge in [0.25, 0.3) is 0 Å². The van der Waals surface area contributed by atoms with Crippen LogP contribution in [0.2, 0.25) is 0 Å². The maximum absolute atomic E-state index is 10.6. The van der Waals surface area contributed by atoms with Crippen LogP contribution in [0.4, 0.5) is 5.82 Å². The van der Waals surface area contributed by atoms with Gasteiger partial charge in [0.15, 0.2) is 0 Å². The van der Waals surface area contributed by atoms with Gasteiger partial charge in [-0.05, 0) is 33.6 Å². The Labute approximate surface area is 181 Å². The van der Waals surface area contributed by atoms with Crippen LogP contribution in [0.25, 0.3) is 11.1 Å². The summed E-state index contributed by atoms with van der Waals surface area (Å²) in [7, 11) is 0. The smallest absolute Gasteiger partial charge is 0.393 e. The first-order valence-electron chi connectivity index (χ1n) is 7.98. The van der Waals surface area contributed by atoms with Crippen LogP contribution >= 0.6 is 31.9 Å². The van der Waals surface area contributed by atoms with Gasteiger partial charge in [-0.25, -0.2) is 19.9 Å². The van der Waals surface area contributed by atoms with Gasteiger partial charge >= 0.3 is 17.8 Å². The minimum absolute atomic E-state index is 0.0618. The third-order valence-electron chi connectivity index (χ3n) is 3.70. The standard InChI is InChI=1S/C17H15Br2N5O5/c1-16(25,17(26,27)29-15-21-6-11(19)7-22-15)28-14-12(13(20)23-8-24-14)9-2-4-10(18)5-3-9/h2-8,25-27H,1H3,(H2,20,23,24). The molecule has 152 valence electrons. The quantitative estimate of drug-likeness (QED) is 0.348. The second kappa shape index (κ2) is 8.16. The number of hydrogen-bond donors (Lipinski definition) is 4. The molecule has 0 spiro atoms. The van der Waals surface area contributed by atoms with Gasteiger partial charge in [0.05, 0.1) is 10.0 Å². The summed E-state index contributed by atoms with van der Waals surface area (Å²) < 4.78 is 11.7. The van der Waals surface area contributed by atoms with Gasteiger partial charge in [0, 0.05) is 23.8 Å². The monoisotopic (exact) mass is 527 g/mol. The number of hydrogen-bond acceptors (Lipinski definition) is 10. The van der Waals surface area contributed by atoms with Gasteiger partial charge in [-0.2, -0.15) is 0 Å². The number of nitrogens with two attached hydrogens (primary N) is 1. The number of nitrogens with zero attached hydrogens (tertiary/aromatic N) is 4. The highest BCUT2D eigenvalue weighted by atomic mass is 79.9. The molecule has 0 radical (unpaired) electrons. The SMILES string of the molecule is CC(O)(Oc1ncnc(N)c1-c1ccc(Br)cc1)C(O)(O)Oc1ncc(Br)cn1. The first kappa shape index (κ1) is 21.3. The summed E-state index contributed by atoms with van der Waals surface area (Å²) in [5.41, 5.74) is 6.78. The Balaban J connectivity index is 1.92. The van der Waals surface area contributed by atoms with E-state index in [0.717, 1.165) is 17.7 Å². The lowest BCUT2D eigenvalue weighted by Crippen LogP contribution is -2.60. The molecule has 0 aliphatic heterocycles. The molecule has 12 heteroatoms. The molecule has 1 aromatic carbocycles. The largest absolute Gasteiger partial charge is 0.435 e. The van der Waals surface area contributed by atoms with Crippen molar-refractivity contribution in [1.29, 1.82) is 0 Å². The van der Waals surface area contributed by atoms with E-state index in [1.54, 1.807) is 24.3 Å². The lowest BCUT2D eigenvalue weighted by atomic mass is 10.1. The molecule has 0 aliphatic rings. The second-order valence-corrected chi connectivity index (χ2v) is 7.76. The van der Waals surface area contributed by atoms with Gasteiger partial charge in [-0.3, -0.25) is 0 Å². The van der Waals surface area contributed by atoms with Crippen molar-refractivity contribution in [2.45, 2.75) is 18.7 Å². The summed E-state index contributed by atoms with van der Waals surface area (Å²) in [5, 5.41) is 31.2. The highest BCUT2D eigenvalue weighted by Crippen LogP contribution is 2.36. The van der Waals surface area contributed by atoms with Crippen LogP contribution in [-0.4, -0.2) is 47.0 Å². The molecule has 3 rings (SSSR count). The fraction of sp³-hybridized carbons (Fsp3) is 0.176. The molecule has 5 N–H and O–H groups in total. The molecular weight excluding hydrogens is 514 g/mol. The van der Waals surface area contributed by atoms with Crippen molar-refractivity contribution in [2.24, 2.45) is 0 Å². The highest BCUT2D eigenvalue weighted by molar-refractivity contribution is 9.10. The molecule has 1 atom stereocenters. The van der Waals surface area contributed by atoms with Gasteiger partial charge < -0.3 is 30.5 Å². The van der Waals surface area contributed by atoms with Crippen LogP contribution < -0.4 is 15.2 Å². The van der Waals surface area contributed by atoms with Crippen LogP contribution in [-0.2, 0) is 0 Å². The van der Waals surface area contributed by atoms with Gasteiger partial charge in [-0.15, -0.1) is 0 Å². The predicted octanol–water partition coefficient (Wildman–Crippen LogP) is 1.85. The van der Waals surface area contributed by atoms with Crippen LogP contribution in [0.5, 0.6) is 11.9 Å². The third-order valence-corrected chi connectivity index (χ3v) is 4.64. The topological polar surface area (TPSA) is 157 Å². The Morgan fingerprint density at radius 3 is 2.14 bits per heavy atom. The Morgan fingerprint density at radius 1 is 0.897 bits per heavy atom. The minimum Gasteiger partial charge on any atom is -0.435 e. The molecule has 0 bridgehead atoms. The van der Waals surface area contributed by atoms with E-state index in [1.165, 1.54) is 12.4 Å². The molecule has 0 saturated carbocycles. The average Bonchev–Trinajstić information content (AvgIpc) is 2.64. The van der Waals surface area contributed by atoms with Crippen LogP contribution in [0.15, 0.2) is 51.9 Å².